The van der Waals surface area contributed by atoms with Gasteiger partial charge < -0.3 is 4.74 Å². The third kappa shape index (κ3) is 3.63. The zero-order valence-electron chi connectivity index (χ0n) is 10.5. The first-order chi connectivity index (χ1) is 9.36. The van der Waals surface area contributed by atoms with Gasteiger partial charge in [-0.2, -0.15) is 13.2 Å². The van der Waals surface area contributed by atoms with Crippen molar-refractivity contribution >= 4 is 11.6 Å². The SMILES string of the molecule is CC(Oc1cc(C(F)(F)F)cc(Cl)n1)c1ccccc1. The normalized spacial score (nSPS) is 13.1. The number of hydrogen-bond donors (Lipinski definition) is 0. The third-order valence-electron chi connectivity index (χ3n) is 2.66. The van der Waals surface area contributed by atoms with Crippen LogP contribution < -0.4 is 4.74 Å². The minimum Gasteiger partial charge on any atom is -0.470 e. The molecule has 0 N–H and O–H groups in total. The Balaban J connectivity index is 2.24. The number of halogens is 4. The van der Waals surface area contributed by atoms with Crippen molar-refractivity contribution in [3.8, 4) is 5.88 Å². The van der Waals surface area contributed by atoms with Gasteiger partial charge in [0.25, 0.3) is 0 Å². The van der Waals surface area contributed by atoms with Crippen molar-refractivity contribution in [2.75, 3.05) is 0 Å². The van der Waals surface area contributed by atoms with Crippen molar-refractivity contribution in [3.05, 3.63) is 58.7 Å². The fourth-order valence-corrected chi connectivity index (χ4v) is 1.87. The van der Waals surface area contributed by atoms with E-state index >= 15 is 0 Å². The molecule has 1 heterocycles. The Morgan fingerprint density at radius 1 is 1.15 bits per heavy atom. The molecule has 0 amide bonds. The number of benzene rings is 1. The maximum absolute atomic E-state index is 12.7. The molecule has 0 saturated heterocycles. The Morgan fingerprint density at radius 3 is 2.40 bits per heavy atom. The summed E-state index contributed by atoms with van der Waals surface area (Å²) < 4.78 is 43.4. The fraction of sp³-hybridized carbons (Fsp3) is 0.214. The van der Waals surface area contributed by atoms with Gasteiger partial charge in [-0.1, -0.05) is 41.9 Å². The van der Waals surface area contributed by atoms with E-state index in [1.807, 2.05) is 30.3 Å². The summed E-state index contributed by atoms with van der Waals surface area (Å²) in [6, 6.07) is 10.7. The Bertz CT molecular complexity index is 587. The molecule has 6 heteroatoms. The monoisotopic (exact) mass is 301 g/mol. The van der Waals surface area contributed by atoms with Crippen LogP contribution in [0.4, 0.5) is 13.2 Å². The summed E-state index contributed by atoms with van der Waals surface area (Å²) in [6.07, 6.45) is -4.91. The van der Waals surface area contributed by atoms with Gasteiger partial charge in [0.15, 0.2) is 0 Å². The molecule has 2 rings (SSSR count). The van der Waals surface area contributed by atoms with E-state index in [1.54, 1.807) is 6.92 Å². The lowest BCUT2D eigenvalue weighted by atomic mass is 10.1. The van der Waals surface area contributed by atoms with Gasteiger partial charge in [-0.15, -0.1) is 0 Å². The molecular formula is C14H11ClF3NO. The van der Waals surface area contributed by atoms with Crippen LogP contribution in [0.5, 0.6) is 5.88 Å². The van der Waals surface area contributed by atoms with Crippen molar-refractivity contribution < 1.29 is 17.9 Å². The van der Waals surface area contributed by atoms with Gasteiger partial charge >= 0.3 is 6.18 Å². The molecule has 0 saturated carbocycles. The van der Waals surface area contributed by atoms with Crippen molar-refractivity contribution in [2.45, 2.75) is 19.2 Å². The van der Waals surface area contributed by atoms with Crippen LogP contribution >= 0.6 is 11.6 Å². The van der Waals surface area contributed by atoms with Crippen molar-refractivity contribution in [1.29, 1.82) is 0 Å². The average Bonchev–Trinajstić information content (AvgIpc) is 2.38. The number of hydrogen-bond acceptors (Lipinski definition) is 2. The lowest BCUT2D eigenvalue weighted by Crippen LogP contribution is -2.08. The van der Waals surface area contributed by atoms with Crippen LogP contribution in [0.15, 0.2) is 42.5 Å². The van der Waals surface area contributed by atoms with E-state index in [2.05, 4.69) is 4.98 Å². The molecule has 2 nitrogen and oxygen atoms in total. The molecule has 0 aliphatic heterocycles. The van der Waals surface area contributed by atoms with Crippen LogP contribution in [-0.2, 0) is 6.18 Å². The average molecular weight is 302 g/mol. The predicted octanol–water partition coefficient (Wildman–Crippen LogP) is 4.89. The summed E-state index contributed by atoms with van der Waals surface area (Å²) in [6.45, 7) is 1.73. The second kappa shape index (κ2) is 5.71. The van der Waals surface area contributed by atoms with Gasteiger partial charge in [-0.05, 0) is 18.6 Å². The molecule has 0 bridgehead atoms. The molecule has 1 atom stereocenters. The van der Waals surface area contributed by atoms with Crippen LogP contribution in [0.3, 0.4) is 0 Å². The summed E-state index contributed by atoms with van der Waals surface area (Å²) in [5.41, 5.74) is -0.0457. The van der Waals surface area contributed by atoms with E-state index in [0.29, 0.717) is 0 Å². The molecule has 1 aromatic carbocycles. The molecule has 1 unspecified atom stereocenters. The van der Waals surface area contributed by atoms with Crippen LogP contribution in [-0.4, -0.2) is 4.98 Å². The number of alkyl halides is 3. The van der Waals surface area contributed by atoms with Crippen molar-refractivity contribution in [3.63, 3.8) is 0 Å². The molecule has 2 aromatic rings. The second-order valence-electron chi connectivity index (χ2n) is 4.19. The first kappa shape index (κ1) is 14.7. The highest BCUT2D eigenvalue weighted by Gasteiger charge is 2.32. The molecule has 0 aliphatic rings. The quantitative estimate of drug-likeness (QED) is 0.753. The number of rotatable bonds is 3. The van der Waals surface area contributed by atoms with E-state index in [-0.39, 0.29) is 11.0 Å². The summed E-state index contributed by atoms with van der Waals surface area (Å²) in [5, 5.41) is -0.255. The van der Waals surface area contributed by atoms with Crippen LogP contribution in [0.25, 0.3) is 0 Å². The summed E-state index contributed by atoms with van der Waals surface area (Å²) >= 11 is 5.59. The van der Waals surface area contributed by atoms with E-state index in [1.165, 1.54) is 0 Å². The van der Waals surface area contributed by atoms with E-state index in [0.717, 1.165) is 17.7 Å². The van der Waals surface area contributed by atoms with E-state index in [9.17, 15) is 13.2 Å². The second-order valence-corrected chi connectivity index (χ2v) is 4.57. The van der Waals surface area contributed by atoms with Crippen molar-refractivity contribution in [2.24, 2.45) is 0 Å². The highest BCUT2D eigenvalue weighted by molar-refractivity contribution is 6.29. The molecule has 0 radical (unpaired) electrons. The van der Waals surface area contributed by atoms with Crippen molar-refractivity contribution in [1.82, 2.24) is 4.98 Å². The molecule has 0 aliphatic carbocycles. The maximum atomic E-state index is 12.7. The molecule has 0 fully saturated rings. The van der Waals surface area contributed by atoms with Crippen LogP contribution in [0.1, 0.15) is 24.2 Å². The highest BCUT2D eigenvalue weighted by Crippen LogP contribution is 2.33. The lowest BCUT2D eigenvalue weighted by Gasteiger charge is -2.15. The third-order valence-corrected chi connectivity index (χ3v) is 2.86. The standard InChI is InChI=1S/C14H11ClF3NO/c1-9(10-5-3-2-4-6-10)20-13-8-11(14(16,17)18)7-12(15)19-13/h2-9H,1H3. The summed E-state index contributed by atoms with van der Waals surface area (Å²) in [4.78, 5) is 3.76. The molecule has 0 spiro atoms. The minimum absolute atomic E-state index is 0.152. The fourth-order valence-electron chi connectivity index (χ4n) is 1.67. The lowest BCUT2D eigenvalue weighted by molar-refractivity contribution is -0.137. The smallest absolute Gasteiger partial charge is 0.416 e. The Morgan fingerprint density at radius 2 is 1.80 bits per heavy atom. The Kier molecular flexibility index (Phi) is 4.18. The van der Waals surface area contributed by atoms with Crippen LogP contribution in [0.2, 0.25) is 5.15 Å². The molecule has 106 valence electrons. The van der Waals surface area contributed by atoms with Gasteiger partial charge in [-0.3, -0.25) is 0 Å². The largest absolute Gasteiger partial charge is 0.470 e. The zero-order chi connectivity index (χ0) is 14.8. The topological polar surface area (TPSA) is 22.1 Å². The molecular weight excluding hydrogens is 291 g/mol. The maximum Gasteiger partial charge on any atom is 0.416 e. The predicted molar refractivity (Wildman–Crippen MR) is 69.7 cm³/mol. The summed E-state index contributed by atoms with van der Waals surface area (Å²) in [7, 11) is 0. The summed E-state index contributed by atoms with van der Waals surface area (Å²) in [5.74, 6) is -0.152. The number of aromatic nitrogens is 1. The van der Waals surface area contributed by atoms with Crippen LogP contribution in [0, 0.1) is 0 Å². The Labute approximate surface area is 119 Å². The minimum atomic E-state index is -4.49. The first-order valence-electron chi connectivity index (χ1n) is 5.82. The Hall–Kier alpha value is -1.75. The number of ether oxygens (including phenoxy) is 1. The van der Waals surface area contributed by atoms with Gasteiger partial charge in [0.1, 0.15) is 11.3 Å². The van der Waals surface area contributed by atoms with Gasteiger partial charge in [0.2, 0.25) is 5.88 Å². The molecule has 1 aromatic heterocycles. The molecule has 20 heavy (non-hydrogen) atoms. The number of pyridine rings is 1. The van der Waals surface area contributed by atoms with Gasteiger partial charge in [-0.25, -0.2) is 4.98 Å². The van der Waals surface area contributed by atoms with E-state index in [4.69, 9.17) is 16.3 Å². The first-order valence-corrected chi connectivity index (χ1v) is 6.20. The number of nitrogens with zero attached hydrogens (tertiary/aromatic N) is 1. The van der Waals surface area contributed by atoms with Gasteiger partial charge in [0.05, 0.1) is 5.56 Å². The zero-order valence-corrected chi connectivity index (χ0v) is 11.2. The highest BCUT2D eigenvalue weighted by atomic mass is 35.5. The van der Waals surface area contributed by atoms with Gasteiger partial charge in [0, 0.05) is 6.07 Å². The van der Waals surface area contributed by atoms with E-state index < -0.39 is 17.8 Å².